The molecule has 0 aliphatic heterocycles. The molecule has 0 fully saturated rings. The van der Waals surface area contributed by atoms with E-state index in [1.54, 1.807) is 0 Å². The second kappa shape index (κ2) is 5.30. The van der Waals surface area contributed by atoms with Gasteiger partial charge < -0.3 is 5.11 Å². The van der Waals surface area contributed by atoms with Crippen LogP contribution in [0.3, 0.4) is 0 Å². The molecule has 0 aromatic rings. The number of thiocarbonyl (C=S) groups is 1. The minimum Gasteiger partial charge on any atom is -0.875 e. The molecule has 0 bridgehead atoms. The fourth-order valence-corrected chi connectivity index (χ4v) is 1.39. The van der Waals surface area contributed by atoms with Crippen LogP contribution >= 0.6 is 24.8 Å². The zero-order valence-electron chi connectivity index (χ0n) is 5.89. The molecule has 0 aromatic carbocycles. The molecule has 0 N–H and O–H groups in total. The molecule has 4 heteroatoms. The van der Waals surface area contributed by atoms with E-state index in [-0.39, 0.29) is 57.1 Å². The van der Waals surface area contributed by atoms with Crippen molar-refractivity contribution in [1.82, 2.24) is 0 Å². The molecule has 0 heterocycles. The van der Waals surface area contributed by atoms with Gasteiger partial charge in [-0.05, 0) is 24.8 Å². The summed E-state index contributed by atoms with van der Waals surface area (Å²) in [6.07, 6.45) is 2.45. The molecule has 0 unspecified atom stereocenters. The largest absolute Gasteiger partial charge is 1.00 e. The first-order valence-electron chi connectivity index (χ1n) is 2.84. The van der Waals surface area contributed by atoms with Crippen molar-refractivity contribution in [2.45, 2.75) is 19.3 Å². The van der Waals surface area contributed by atoms with Gasteiger partial charge in [0.25, 0.3) is 0 Å². The van der Waals surface area contributed by atoms with E-state index in [0.29, 0.717) is 10.6 Å². The summed E-state index contributed by atoms with van der Waals surface area (Å²) in [5.41, 5.74) is 0.758. The van der Waals surface area contributed by atoms with Crippen LogP contribution in [0.25, 0.3) is 0 Å². The van der Waals surface area contributed by atoms with E-state index in [1.807, 2.05) is 0 Å². The predicted molar refractivity (Wildman–Crippen MR) is 42.5 cm³/mol. The molecule has 1 rings (SSSR count). The third-order valence-corrected chi connectivity index (χ3v) is 1.94. The first-order valence-corrected chi connectivity index (χ1v) is 3.69. The summed E-state index contributed by atoms with van der Waals surface area (Å²) < 4.78 is 0.484. The van der Waals surface area contributed by atoms with Crippen molar-refractivity contribution in [2.24, 2.45) is 0 Å². The van der Waals surface area contributed by atoms with E-state index in [9.17, 15) is 5.11 Å². The third kappa shape index (κ3) is 2.93. The van der Waals surface area contributed by atoms with Crippen molar-refractivity contribution in [3.05, 3.63) is 11.3 Å². The monoisotopic (exact) mass is 198 g/mol. The molecule has 0 spiro atoms. The van der Waals surface area contributed by atoms with Gasteiger partial charge in [-0.1, -0.05) is 12.2 Å². The van der Waals surface area contributed by atoms with Gasteiger partial charge in [0.1, 0.15) is 0 Å². The molecule has 0 radical (unpaired) electrons. The Labute approximate surface area is 114 Å². The maximum absolute atomic E-state index is 10.8. The topological polar surface area (TPSA) is 23.1 Å². The average molecular weight is 198 g/mol. The molecule has 0 saturated heterocycles. The first kappa shape index (κ1) is 11.6. The van der Waals surface area contributed by atoms with Gasteiger partial charge in [0.05, 0.1) is 4.20 Å². The zero-order valence-corrected chi connectivity index (χ0v) is 10.7. The van der Waals surface area contributed by atoms with Crippen molar-refractivity contribution in [3.63, 3.8) is 0 Å². The van der Waals surface area contributed by atoms with Crippen LogP contribution in [0, 0.1) is 0 Å². The van der Waals surface area contributed by atoms with E-state index < -0.39 is 0 Å². The molecule has 1 nitrogen and oxygen atoms in total. The van der Waals surface area contributed by atoms with E-state index in [1.165, 1.54) is 0 Å². The van der Waals surface area contributed by atoms with Crippen molar-refractivity contribution >= 4 is 29.0 Å². The first-order chi connectivity index (χ1) is 4.22. The maximum atomic E-state index is 10.8. The minimum absolute atomic E-state index is 0. The summed E-state index contributed by atoms with van der Waals surface area (Å²) >= 11 is 8.66. The van der Waals surface area contributed by atoms with Crippen molar-refractivity contribution in [1.29, 1.82) is 0 Å². The Morgan fingerprint density at radius 3 is 2.30 bits per heavy atom. The Morgan fingerprint density at radius 1 is 1.50 bits per heavy atom. The van der Waals surface area contributed by atoms with E-state index in [2.05, 4.69) is 12.6 Å². The molecule has 0 saturated carbocycles. The van der Waals surface area contributed by atoms with Gasteiger partial charge in [-0.15, -0.1) is 18.4 Å². The second-order valence-corrected chi connectivity index (χ2v) is 3.22. The van der Waals surface area contributed by atoms with Crippen LogP contribution in [-0.2, 0) is 0 Å². The van der Waals surface area contributed by atoms with Crippen LogP contribution in [0.15, 0.2) is 11.3 Å². The standard InChI is InChI=1S/C6H8OS2.K/c7-5-3-1-2-4(5)6(8)9;/h7H,1-3H2,(H,8,9);/q;+1/p-1. The van der Waals surface area contributed by atoms with Crippen molar-refractivity contribution in [2.75, 3.05) is 0 Å². The molecule has 10 heavy (non-hydrogen) atoms. The molecule has 0 atom stereocenters. The van der Waals surface area contributed by atoms with Crippen LogP contribution in [0.1, 0.15) is 19.3 Å². The molecule has 0 aromatic heterocycles. The Hall–Kier alpha value is 1.62. The Morgan fingerprint density at radius 2 is 2.10 bits per heavy atom. The Bertz CT molecular complexity index is 177. The van der Waals surface area contributed by atoms with Gasteiger partial charge in [-0.25, -0.2) is 0 Å². The van der Waals surface area contributed by atoms with Gasteiger partial charge in [-0.3, -0.25) is 0 Å². The quantitative estimate of drug-likeness (QED) is 0.301. The number of allylic oxidation sites excluding steroid dienone is 1. The summed E-state index contributed by atoms with van der Waals surface area (Å²) in [4.78, 5) is 0. The van der Waals surface area contributed by atoms with Crippen LogP contribution in [0.2, 0.25) is 0 Å². The summed E-state index contributed by atoms with van der Waals surface area (Å²) in [5.74, 6) is 0.190. The van der Waals surface area contributed by atoms with E-state index >= 15 is 0 Å². The fraction of sp³-hybridized carbons (Fsp3) is 0.500. The van der Waals surface area contributed by atoms with Gasteiger partial charge in [0.15, 0.2) is 0 Å². The van der Waals surface area contributed by atoms with Gasteiger partial charge in [0, 0.05) is 0 Å². The van der Waals surface area contributed by atoms with Gasteiger partial charge in [0.2, 0.25) is 0 Å². The molecule has 1 aliphatic rings. The van der Waals surface area contributed by atoms with E-state index in [4.69, 9.17) is 12.2 Å². The zero-order chi connectivity index (χ0) is 6.85. The van der Waals surface area contributed by atoms with Crippen LogP contribution in [-0.4, -0.2) is 4.20 Å². The number of rotatable bonds is 1. The normalized spacial score (nSPS) is 16.9. The third-order valence-electron chi connectivity index (χ3n) is 1.43. The van der Waals surface area contributed by atoms with Crippen molar-refractivity contribution < 1.29 is 56.5 Å². The van der Waals surface area contributed by atoms with Crippen molar-refractivity contribution in [3.8, 4) is 0 Å². The summed E-state index contributed by atoms with van der Waals surface area (Å²) in [5, 5.41) is 10.8. The second-order valence-electron chi connectivity index (χ2n) is 2.06. The number of hydrogen-bond donors (Lipinski definition) is 1. The van der Waals surface area contributed by atoms with Crippen LogP contribution in [0.5, 0.6) is 0 Å². The fourth-order valence-electron chi connectivity index (χ4n) is 0.942. The predicted octanol–water partition coefficient (Wildman–Crippen LogP) is -1.95. The number of hydrogen-bond acceptors (Lipinski definition) is 2. The SMILES string of the molecule is [K+].[O-]C1=C(C(=S)S)CCC1. The van der Waals surface area contributed by atoms with Crippen LogP contribution in [0.4, 0.5) is 0 Å². The minimum atomic E-state index is 0. The number of thiol groups is 1. The molecular formula is C6H7KOS2. The Balaban J connectivity index is 0.000000810. The van der Waals surface area contributed by atoms with Gasteiger partial charge >= 0.3 is 51.4 Å². The van der Waals surface area contributed by atoms with Crippen LogP contribution < -0.4 is 56.5 Å². The summed E-state index contributed by atoms with van der Waals surface area (Å²) in [6.45, 7) is 0. The molecule has 1 aliphatic carbocycles. The smallest absolute Gasteiger partial charge is 0.875 e. The van der Waals surface area contributed by atoms with Gasteiger partial charge in [-0.2, -0.15) is 0 Å². The average Bonchev–Trinajstić information content (AvgIpc) is 2.13. The summed E-state index contributed by atoms with van der Waals surface area (Å²) in [7, 11) is 0. The maximum Gasteiger partial charge on any atom is 1.00 e. The summed E-state index contributed by atoms with van der Waals surface area (Å²) in [6, 6.07) is 0. The molecular weight excluding hydrogens is 191 g/mol. The Kier molecular flexibility index (Phi) is 6.15. The van der Waals surface area contributed by atoms with E-state index in [0.717, 1.165) is 18.4 Å². The molecule has 0 amide bonds. The molecule has 50 valence electrons.